The van der Waals surface area contributed by atoms with Gasteiger partial charge >= 0.3 is 0 Å². The smallest absolute Gasteiger partial charge is 0.267 e. The van der Waals surface area contributed by atoms with Gasteiger partial charge in [-0.25, -0.2) is 4.98 Å². The van der Waals surface area contributed by atoms with Gasteiger partial charge in [0.05, 0.1) is 6.42 Å². The Morgan fingerprint density at radius 3 is 2.57 bits per heavy atom. The van der Waals surface area contributed by atoms with E-state index >= 15 is 0 Å². The summed E-state index contributed by atoms with van der Waals surface area (Å²) in [6.45, 7) is 6.65. The Morgan fingerprint density at radius 1 is 1.22 bits per heavy atom. The molecule has 23 heavy (non-hydrogen) atoms. The topological polar surface area (TPSA) is 85.1 Å². The second kappa shape index (κ2) is 6.28. The molecule has 122 valence electrons. The van der Waals surface area contributed by atoms with Crippen molar-refractivity contribution in [1.82, 2.24) is 20.1 Å². The molecule has 2 aromatic heterocycles. The number of pyridine rings is 1. The highest BCUT2D eigenvalue weighted by Crippen LogP contribution is 2.18. The largest absolute Gasteiger partial charge is 0.353 e. The fourth-order valence-corrected chi connectivity index (χ4v) is 2.92. The number of anilines is 1. The maximum atomic E-state index is 12.4. The number of nitrogens with zero attached hydrogens (tertiary/aromatic N) is 3. The molecule has 2 N–H and O–H groups in total. The minimum absolute atomic E-state index is 0.00408. The number of nitrogens with one attached hydrogen (secondary N) is 2. The summed E-state index contributed by atoms with van der Waals surface area (Å²) in [6, 6.07) is 3.97. The molecule has 0 saturated carbocycles. The lowest BCUT2D eigenvalue weighted by atomic mass is 10.1. The van der Waals surface area contributed by atoms with E-state index in [0.717, 1.165) is 30.2 Å². The highest BCUT2D eigenvalue weighted by atomic mass is 16.2. The molecular formula is C16H21N5O2. The third kappa shape index (κ3) is 3.13. The molecule has 0 aliphatic carbocycles. The molecule has 7 heteroatoms. The molecule has 0 radical (unpaired) electrons. The second-order valence-electron chi connectivity index (χ2n) is 5.87. The van der Waals surface area contributed by atoms with E-state index in [1.807, 2.05) is 24.0 Å². The number of hydrogen-bond donors (Lipinski definition) is 2. The van der Waals surface area contributed by atoms with Crippen molar-refractivity contribution < 1.29 is 4.79 Å². The number of piperazine rings is 1. The molecule has 1 aliphatic heterocycles. The van der Waals surface area contributed by atoms with E-state index in [2.05, 4.69) is 20.1 Å². The lowest BCUT2D eigenvalue weighted by Crippen LogP contribution is -2.49. The first-order chi connectivity index (χ1) is 11.1. The van der Waals surface area contributed by atoms with Gasteiger partial charge in [0.2, 0.25) is 5.91 Å². The molecule has 1 amide bonds. The van der Waals surface area contributed by atoms with Gasteiger partial charge in [-0.3, -0.25) is 14.7 Å². The van der Waals surface area contributed by atoms with Gasteiger partial charge in [-0.2, -0.15) is 0 Å². The highest BCUT2D eigenvalue weighted by molar-refractivity contribution is 5.79. The number of hydrogen-bond acceptors (Lipinski definition) is 4. The van der Waals surface area contributed by atoms with Crippen LogP contribution in [0.15, 0.2) is 23.1 Å². The second-order valence-corrected chi connectivity index (χ2v) is 5.87. The predicted molar refractivity (Wildman–Crippen MR) is 87.6 cm³/mol. The molecule has 2 aromatic rings. The SMILES string of the molecule is Cc1cccnc1N1CCN(C(=O)Cc2c(C)[nH][nH]c2=O)CC1. The molecule has 0 spiro atoms. The van der Waals surface area contributed by atoms with Crippen molar-refractivity contribution in [3.63, 3.8) is 0 Å². The van der Waals surface area contributed by atoms with Gasteiger partial charge in [0, 0.05) is 43.6 Å². The average Bonchev–Trinajstić information content (AvgIpc) is 2.87. The molecule has 1 fully saturated rings. The summed E-state index contributed by atoms with van der Waals surface area (Å²) in [5, 5.41) is 5.27. The standard InChI is InChI=1S/C16H21N5O2/c1-11-4-3-5-17-15(11)21-8-6-20(7-9-21)14(22)10-13-12(2)18-19-16(13)23/h3-5H,6-10H2,1-2H3,(H2,18,19,23). The zero-order valence-electron chi connectivity index (χ0n) is 13.4. The molecule has 7 nitrogen and oxygen atoms in total. The van der Waals surface area contributed by atoms with E-state index in [1.54, 1.807) is 13.1 Å². The van der Waals surface area contributed by atoms with E-state index in [1.165, 1.54) is 0 Å². The molecule has 0 aromatic carbocycles. The van der Waals surface area contributed by atoms with Gasteiger partial charge in [0.1, 0.15) is 5.82 Å². The van der Waals surface area contributed by atoms with Gasteiger partial charge in [0.25, 0.3) is 5.56 Å². The number of rotatable bonds is 3. The van der Waals surface area contributed by atoms with Crippen LogP contribution in [-0.4, -0.2) is 52.2 Å². The maximum Gasteiger partial charge on any atom is 0.267 e. The molecule has 3 rings (SSSR count). The van der Waals surface area contributed by atoms with E-state index in [-0.39, 0.29) is 17.9 Å². The van der Waals surface area contributed by atoms with E-state index in [4.69, 9.17) is 0 Å². The summed E-state index contributed by atoms with van der Waals surface area (Å²) >= 11 is 0. The first-order valence-electron chi connectivity index (χ1n) is 7.76. The van der Waals surface area contributed by atoms with Gasteiger partial charge in [-0.1, -0.05) is 6.07 Å². The van der Waals surface area contributed by atoms with Crippen LogP contribution in [0.3, 0.4) is 0 Å². The summed E-state index contributed by atoms with van der Waals surface area (Å²) in [4.78, 5) is 32.5. The Labute approximate surface area is 134 Å². The van der Waals surface area contributed by atoms with Crippen LogP contribution in [-0.2, 0) is 11.2 Å². The third-order valence-corrected chi connectivity index (χ3v) is 4.33. The minimum Gasteiger partial charge on any atom is -0.353 e. The van der Waals surface area contributed by atoms with Crippen LogP contribution >= 0.6 is 0 Å². The Morgan fingerprint density at radius 2 is 1.96 bits per heavy atom. The average molecular weight is 315 g/mol. The number of carbonyl (C=O) groups is 1. The van der Waals surface area contributed by atoms with E-state index in [0.29, 0.717) is 18.7 Å². The molecule has 0 bridgehead atoms. The summed E-state index contributed by atoms with van der Waals surface area (Å²) in [6.07, 6.45) is 1.94. The first kappa shape index (κ1) is 15.3. The fourth-order valence-electron chi connectivity index (χ4n) is 2.92. The Hall–Kier alpha value is -2.57. The van der Waals surface area contributed by atoms with Crippen LogP contribution < -0.4 is 10.5 Å². The lowest BCUT2D eigenvalue weighted by molar-refractivity contribution is -0.130. The third-order valence-electron chi connectivity index (χ3n) is 4.33. The van der Waals surface area contributed by atoms with Crippen LogP contribution in [0.2, 0.25) is 0 Å². The zero-order valence-corrected chi connectivity index (χ0v) is 13.4. The van der Waals surface area contributed by atoms with Gasteiger partial charge in [-0.05, 0) is 25.5 Å². The minimum atomic E-state index is -0.210. The summed E-state index contributed by atoms with van der Waals surface area (Å²) in [5.41, 5.74) is 2.18. The zero-order chi connectivity index (χ0) is 16.4. The maximum absolute atomic E-state index is 12.4. The van der Waals surface area contributed by atoms with Gasteiger partial charge in [-0.15, -0.1) is 0 Å². The van der Waals surface area contributed by atoms with Gasteiger partial charge in [0.15, 0.2) is 0 Å². The summed E-state index contributed by atoms with van der Waals surface area (Å²) in [7, 11) is 0. The van der Waals surface area contributed by atoms with Gasteiger partial charge < -0.3 is 14.9 Å². The molecule has 0 unspecified atom stereocenters. The normalized spacial score (nSPS) is 15.0. The Balaban J connectivity index is 1.62. The highest BCUT2D eigenvalue weighted by Gasteiger charge is 2.24. The molecule has 1 saturated heterocycles. The number of carbonyl (C=O) groups excluding carboxylic acids is 1. The van der Waals surface area contributed by atoms with Crippen molar-refractivity contribution in [2.45, 2.75) is 20.3 Å². The van der Waals surface area contributed by atoms with E-state index < -0.39 is 0 Å². The van der Waals surface area contributed by atoms with Crippen LogP contribution in [0.25, 0.3) is 0 Å². The Bertz CT molecular complexity index is 756. The van der Waals surface area contributed by atoms with Crippen LogP contribution in [0.5, 0.6) is 0 Å². The number of aryl methyl sites for hydroxylation is 2. The first-order valence-corrected chi connectivity index (χ1v) is 7.76. The van der Waals surface area contributed by atoms with Crippen LogP contribution in [0, 0.1) is 13.8 Å². The van der Waals surface area contributed by atoms with E-state index in [9.17, 15) is 9.59 Å². The number of H-pyrrole nitrogens is 2. The van der Waals surface area contributed by atoms with Crippen molar-refractivity contribution in [3.8, 4) is 0 Å². The number of aromatic nitrogens is 3. The monoisotopic (exact) mass is 315 g/mol. The number of aromatic amines is 2. The molecule has 1 aliphatic rings. The van der Waals surface area contributed by atoms with Crippen molar-refractivity contribution in [2.75, 3.05) is 31.1 Å². The van der Waals surface area contributed by atoms with Crippen LogP contribution in [0.4, 0.5) is 5.82 Å². The summed E-state index contributed by atoms with van der Waals surface area (Å²) < 4.78 is 0. The number of amides is 1. The molecule has 3 heterocycles. The molecule has 0 atom stereocenters. The lowest BCUT2D eigenvalue weighted by Gasteiger charge is -2.36. The summed E-state index contributed by atoms with van der Waals surface area (Å²) in [5.74, 6) is 0.980. The van der Waals surface area contributed by atoms with Crippen molar-refractivity contribution in [2.24, 2.45) is 0 Å². The fraction of sp³-hybridized carbons (Fsp3) is 0.438. The Kier molecular flexibility index (Phi) is 4.18. The van der Waals surface area contributed by atoms with Crippen molar-refractivity contribution in [1.29, 1.82) is 0 Å². The molecular weight excluding hydrogens is 294 g/mol. The van der Waals surface area contributed by atoms with Crippen molar-refractivity contribution in [3.05, 3.63) is 45.5 Å². The van der Waals surface area contributed by atoms with Crippen molar-refractivity contribution >= 4 is 11.7 Å². The predicted octanol–water partition coefficient (Wildman–Crippen LogP) is 0.606. The quantitative estimate of drug-likeness (QED) is 0.869. The van der Waals surface area contributed by atoms with Crippen LogP contribution in [0.1, 0.15) is 16.8 Å².